The molecular formula is C19H26N2O4. The van der Waals surface area contributed by atoms with E-state index in [-0.39, 0.29) is 17.4 Å². The van der Waals surface area contributed by atoms with Gasteiger partial charge >= 0.3 is 0 Å². The minimum atomic E-state index is -0.162. The first-order valence-corrected chi connectivity index (χ1v) is 8.73. The van der Waals surface area contributed by atoms with E-state index >= 15 is 0 Å². The Hall–Kier alpha value is -2.08. The van der Waals surface area contributed by atoms with Gasteiger partial charge in [-0.3, -0.25) is 4.79 Å². The third-order valence-electron chi connectivity index (χ3n) is 4.38. The molecule has 136 valence electrons. The highest BCUT2D eigenvalue weighted by molar-refractivity contribution is 5.77. The van der Waals surface area contributed by atoms with Crippen molar-refractivity contribution in [3.05, 3.63) is 41.5 Å². The van der Waals surface area contributed by atoms with Gasteiger partial charge in [0, 0.05) is 24.8 Å². The van der Waals surface area contributed by atoms with Crippen LogP contribution in [0.1, 0.15) is 56.4 Å². The van der Waals surface area contributed by atoms with E-state index in [1.54, 1.807) is 6.20 Å². The van der Waals surface area contributed by atoms with Crippen LogP contribution in [-0.2, 0) is 21.4 Å². The van der Waals surface area contributed by atoms with Crippen LogP contribution in [0.15, 0.2) is 27.2 Å². The summed E-state index contributed by atoms with van der Waals surface area (Å²) in [6.45, 7) is 9.71. The Bertz CT molecular complexity index is 726. The Balaban J connectivity index is 1.64. The number of aryl methyl sites for hydroxylation is 2. The molecule has 3 rings (SSSR count). The van der Waals surface area contributed by atoms with Gasteiger partial charge in [-0.15, -0.1) is 0 Å². The van der Waals surface area contributed by atoms with Gasteiger partial charge < -0.3 is 18.5 Å². The first-order chi connectivity index (χ1) is 11.8. The predicted molar refractivity (Wildman–Crippen MR) is 92.2 cm³/mol. The number of carbonyl (C=O) groups excluding carboxylic acids is 1. The average Bonchev–Trinajstić information content (AvgIpc) is 3.21. The lowest BCUT2D eigenvalue weighted by Crippen LogP contribution is -2.43. The zero-order valence-corrected chi connectivity index (χ0v) is 15.4. The number of ether oxygens (including phenoxy) is 1. The van der Waals surface area contributed by atoms with Crippen LogP contribution in [0.2, 0.25) is 0 Å². The van der Waals surface area contributed by atoms with Crippen molar-refractivity contribution in [3.63, 3.8) is 0 Å². The van der Waals surface area contributed by atoms with Gasteiger partial charge in [0.15, 0.2) is 5.89 Å². The number of morpholine rings is 1. The highest BCUT2D eigenvalue weighted by atomic mass is 16.5. The third-order valence-corrected chi connectivity index (χ3v) is 4.38. The Morgan fingerprint density at radius 2 is 2.12 bits per heavy atom. The molecule has 1 aliphatic heterocycles. The lowest BCUT2D eigenvalue weighted by atomic mass is 9.94. The van der Waals surface area contributed by atoms with E-state index in [0.717, 1.165) is 17.3 Å². The number of carbonyl (C=O) groups is 1. The smallest absolute Gasteiger partial charge is 0.223 e. The number of rotatable bonds is 4. The van der Waals surface area contributed by atoms with Crippen molar-refractivity contribution in [2.45, 2.75) is 52.0 Å². The van der Waals surface area contributed by atoms with Gasteiger partial charge in [0.1, 0.15) is 23.3 Å². The summed E-state index contributed by atoms with van der Waals surface area (Å²) < 4.78 is 17.0. The standard InChI is InChI=1S/C19H26N2O4/c1-13-5-6-15(24-13)14-12-23-10-9-21(14)18(22)8-7-17-20-11-16(25-17)19(2,3)4/h5-6,11,14H,7-10,12H2,1-4H3/t14-/m0/s1. The number of amides is 1. The number of furan rings is 1. The molecule has 6 nitrogen and oxygen atoms in total. The van der Waals surface area contributed by atoms with Gasteiger partial charge in [0.05, 0.1) is 19.4 Å². The van der Waals surface area contributed by atoms with Gasteiger partial charge in [-0.05, 0) is 19.1 Å². The van der Waals surface area contributed by atoms with Crippen LogP contribution < -0.4 is 0 Å². The minimum absolute atomic E-state index is 0.0675. The van der Waals surface area contributed by atoms with Crippen LogP contribution in [0.4, 0.5) is 0 Å². The topological polar surface area (TPSA) is 68.7 Å². The van der Waals surface area contributed by atoms with E-state index in [2.05, 4.69) is 25.8 Å². The lowest BCUT2D eigenvalue weighted by Gasteiger charge is -2.34. The van der Waals surface area contributed by atoms with Gasteiger partial charge in [-0.25, -0.2) is 4.98 Å². The van der Waals surface area contributed by atoms with Gasteiger partial charge in [0.2, 0.25) is 5.91 Å². The number of aromatic nitrogens is 1. The summed E-state index contributed by atoms with van der Waals surface area (Å²) in [5, 5.41) is 0. The van der Waals surface area contributed by atoms with Crippen LogP contribution in [0.25, 0.3) is 0 Å². The van der Waals surface area contributed by atoms with E-state index in [1.807, 2.05) is 24.0 Å². The highest BCUT2D eigenvalue weighted by Crippen LogP contribution is 2.27. The summed E-state index contributed by atoms with van der Waals surface area (Å²) in [6, 6.07) is 3.66. The van der Waals surface area contributed by atoms with E-state index in [4.69, 9.17) is 13.6 Å². The van der Waals surface area contributed by atoms with Crippen LogP contribution in [0.3, 0.4) is 0 Å². The summed E-state index contributed by atoms with van der Waals surface area (Å²) in [5.74, 6) is 3.12. The lowest BCUT2D eigenvalue weighted by molar-refractivity contribution is -0.141. The van der Waals surface area contributed by atoms with E-state index in [0.29, 0.717) is 38.5 Å². The number of oxazole rings is 1. The molecule has 0 bridgehead atoms. The Labute approximate surface area is 148 Å². The molecule has 1 aliphatic rings. The van der Waals surface area contributed by atoms with Crippen molar-refractivity contribution in [3.8, 4) is 0 Å². The van der Waals surface area contributed by atoms with Crippen LogP contribution in [-0.4, -0.2) is 35.5 Å². The molecule has 2 aromatic heterocycles. The maximum absolute atomic E-state index is 12.7. The molecule has 0 unspecified atom stereocenters. The van der Waals surface area contributed by atoms with Crippen molar-refractivity contribution in [1.82, 2.24) is 9.88 Å². The first kappa shape index (κ1) is 17.7. The molecule has 0 aliphatic carbocycles. The monoisotopic (exact) mass is 346 g/mol. The molecule has 1 saturated heterocycles. The SMILES string of the molecule is Cc1ccc([C@@H]2COCCN2C(=O)CCc2ncc(C(C)(C)C)o2)o1. The molecule has 3 heterocycles. The Kier molecular flexibility index (Phi) is 4.99. The predicted octanol–water partition coefficient (Wildman–Crippen LogP) is 3.41. The normalized spacial score (nSPS) is 18.6. The minimum Gasteiger partial charge on any atom is -0.464 e. The molecule has 0 spiro atoms. The van der Waals surface area contributed by atoms with Crippen LogP contribution in [0.5, 0.6) is 0 Å². The average molecular weight is 346 g/mol. The van der Waals surface area contributed by atoms with E-state index in [9.17, 15) is 4.79 Å². The van der Waals surface area contributed by atoms with Crippen molar-refractivity contribution in [2.75, 3.05) is 19.8 Å². The molecule has 0 radical (unpaired) electrons. The van der Waals surface area contributed by atoms with E-state index < -0.39 is 0 Å². The van der Waals surface area contributed by atoms with Gasteiger partial charge in [-0.2, -0.15) is 0 Å². The molecule has 2 aromatic rings. The third kappa shape index (κ3) is 4.12. The molecule has 0 N–H and O–H groups in total. The van der Waals surface area contributed by atoms with Gasteiger partial charge in [0.25, 0.3) is 0 Å². The van der Waals surface area contributed by atoms with Gasteiger partial charge in [-0.1, -0.05) is 20.8 Å². The second-order valence-corrected chi connectivity index (χ2v) is 7.49. The highest BCUT2D eigenvalue weighted by Gasteiger charge is 2.30. The maximum atomic E-state index is 12.7. The summed E-state index contributed by atoms with van der Waals surface area (Å²) in [5.41, 5.74) is -0.0816. The van der Waals surface area contributed by atoms with Crippen molar-refractivity contribution in [1.29, 1.82) is 0 Å². The number of hydrogen-bond donors (Lipinski definition) is 0. The molecule has 1 fully saturated rings. The van der Waals surface area contributed by atoms with Crippen molar-refractivity contribution in [2.24, 2.45) is 0 Å². The molecule has 1 atom stereocenters. The summed E-state index contributed by atoms with van der Waals surface area (Å²) >= 11 is 0. The second-order valence-electron chi connectivity index (χ2n) is 7.49. The summed E-state index contributed by atoms with van der Waals surface area (Å²) in [4.78, 5) is 18.9. The number of nitrogens with zero attached hydrogens (tertiary/aromatic N) is 2. The van der Waals surface area contributed by atoms with Crippen LogP contribution >= 0.6 is 0 Å². The maximum Gasteiger partial charge on any atom is 0.223 e. The summed E-state index contributed by atoms with van der Waals surface area (Å²) in [7, 11) is 0. The Morgan fingerprint density at radius 3 is 2.76 bits per heavy atom. The zero-order valence-electron chi connectivity index (χ0n) is 15.4. The molecule has 6 heteroatoms. The number of hydrogen-bond acceptors (Lipinski definition) is 5. The molecule has 0 saturated carbocycles. The fraction of sp³-hybridized carbons (Fsp3) is 0.579. The first-order valence-electron chi connectivity index (χ1n) is 8.73. The molecular weight excluding hydrogens is 320 g/mol. The van der Waals surface area contributed by atoms with E-state index in [1.165, 1.54) is 0 Å². The second kappa shape index (κ2) is 7.04. The van der Waals surface area contributed by atoms with Crippen LogP contribution in [0, 0.1) is 6.92 Å². The fourth-order valence-corrected chi connectivity index (χ4v) is 2.90. The van der Waals surface area contributed by atoms with Crippen molar-refractivity contribution >= 4 is 5.91 Å². The zero-order chi connectivity index (χ0) is 18.0. The fourth-order valence-electron chi connectivity index (χ4n) is 2.90. The molecule has 1 amide bonds. The molecule has 25 heavy (non-hydrogen) atoms. The Morgan fingerprint density at radius 1 is 1.32 bits per heavy atom. The quantitative estimate of drug-likeness (QED) is 0.848. The largest absolute Gasteiger partial charge is 0.464 e. The summed E-state index contributed by atoms with van der Waals surface area (Å²) in [6.07, 6.45) is 2.61. The molecule has 0 aromatic carbocycles. The van der Waals surface area contributed by atoms with Crippen molar-refractivity contribution < 1.29 is 18.4 Å².